The van der Waals surface area contributed by atoms with E-state index in [4.69, 9.17) is 0 Å². The first-order valence-electron chi connectivity index (χ1n) is 10.9. The number of benzene rings is 1. The Hall–Kier alpha value is -2.80. The second-order valence-corrected chi connectivity index (χ2v) is 9.11. The summed E-state index contributed by atoms with van der Waals surface area (Å²) < 4.78 is 0. The number of fused-ring (bicyclic) bond motifs is 1. The highest BCUT2D eigenvalue weighted by molar-refractivity contribution is 7.18. The molecule has 0 saturated carbocycles. The summed E-state index contributed by atoms with van der Waals surface area (Å²) in [6, 6.07) is 9.81. The summed E-state index contributed by atoms with van der Waals surface area (Å²) in [5.74, 6) is 1.21. The standard InChI is InChI=1S/C24H28N4O2S/c1-3-19-15-20-23(25-16-26-24(20)31-19)28-13-11-27(12-14-28)22(30)6-4-5-21(29)18-9-7-17(2)8-10-18/h7-10,15-16H,3-6,11-14H2,1-2H3. The lowest BCUT2D eigenvalue weighted by Gasteiger charge is -2.35. The van der Waals surface area contributed by atoms with Crippen LogP contribution in [0.25, 0.3) is 10.2 Å². The van der Waals surface area contributed by atoms with Gasteiger partial charge in [-0.25, -0.2) is 9.97 Å². The van der Waals surface area contributed by atoms with Crippen molar-refractivity contribution in [3.05, 3.63) is 52.7 Å². The van der Waals surface area contributed by atoms with Gasteiger partial charge in [0.05, 0.1) is 5.39 Å². The number of piperazine rings is 1. The highest BCUT2D eigenvalue weighted by Crippen LogP contribution is 2.31. The third-order valence-electron chi connectivity index (χ3n) is 5.81. The van der Waals surface area contributed by atoms with Gasteiger partial charge >= 0.3 is 0 Å². The average molecular weight is 437 g/mol. The molecule has 0 N–H and O–H groups in total. The molecule has 7 heteroatoms. The van der Waals surface area contributed by atoms with Gasteiger partial charge in [-0.3, -0.25) is 9.59 Å². The van der Waals surface area contributed by atoms with Crippen molar-refractivity contribution in [2.24, 2.45) is 0 Å². The summed E-state index contributed by atoms with van der Waals surface area (Å²) in [6.45, 7) is 7.04. The van der Waals surface area contributed by atoms with Crippen LogP contribution in [0.3, 0.4) is 0 Å². The van der Waals surface area contributed by atoms with E-state index in [-0.39, 0.29) is 11.7 Å². The minimum absolute atomic E-state index is 0.104. The van der Waals surface area contributed by atoms with Crippen LogP contribution in [0.1, 0.15) is 47.0 Å². The number of carbonyl (C=O) groups excluding carboxylic acids is 2. The van der Waals surface area contributed by atoms with E-state index < -0.39 is 0 Å². The topological polar surface area (TPSA) is 66.4 Å². The molecule has 0 radical (unpaired) electrons. The number of carbonyl (C=O) groups is 2. The zero-order valence-electron chi connectivity index (χ0n) is 18.1. The molecule has 3 aromatic rings. The molecule has 0 aliphatic carbocycles. The molecule has 1 amide bonds. The largest absolute Gasteiger partial charge is 0.352 e. The number of thiophene rings is 1. The second kappa shape index (κ2) is 9.56. The van der Waals surface area contributed by atoms with E-state index >= 15 is 0 Å². The summed E-state index contributed by atoms with van der Waals surface area (Å²) in [5.41, 5.74) is 1.86. The summed E-state index contributed by atoms with van der Waals surface area (Å²) in [6.07, 6.45) is 4.05. The van der Waals surface area contributed by atoms with Gasteiger partial charge in [0.1, 0.15) is 17.0 Å². The van der Waals surface area contributed by atoms with Gasteiger partial charge < -0.3 is 9.80 Å². The Morgan fingerprint density at radius 3 is 2.48 bits per heavy atom. The van der Waals surface area contributed by atoms with E-state index in [1.165, 1.54) is 4.88 Å². The number of Topliss-reactive ketones (excluding diaryl/α,β-unsaturated/α-hetero) is 1. The first-order chi connectivity index (χ1) is 15.0. The van der Waals surface area contributed by atoms with Crippen LogP contribution in [-0.4, -0.2) is 52.7 Å². The van der Waals surface area contributed by atoms with E-state index in [9.17, 15) is 9.59 Å². The molecule has 1 fully saturated rings. The van der Waals surface area contributed by atoms with Crippen LogP contribution >= 0.6 is 11.3 Å². The van der Waals surface area contributed by atoms with Gasteiger partial charge in [0.15, 0.2) is 5.78 Å². The molecule has 0 unspecified atom stereocenters. The van der Waals surface area contributed by atoms with E-state index in [1.807, 2.05) is 36.1 Å². The zero-order valence-corrected chi connectivity index (χ0v) is 19.0. The Morgan fingerprint density at radius 1 is 1.03 bits per heavy atom. The van der Waals surface area contributed by atoms with Crippen molar-refractivity contribution in [3.63, 3.8) is 0 Å². The third kappa shape index (κ3) is 4.93. The molecule has 162 valence electrons. The molecule has 1 aliphatic rings. The monoisotopic (exact) mass is 436 g/mol. The molecular weight excluding hydrogens is 408 g/mol. The van der Waals surface area contributed by atoms with Crippen molar-refractivity contribution in [1.29, 1.82) is 0 Å². The van der Waals surface area contributed by atoms with E-state index in [0.29, 0.717) is 32.4 Å². The Bertz CT molecular complexity index is 1070. The fourth-order valence-corrected chi connectivity index (χ4v) is 4.86. The first kappa shape index (κ1) is 21.4. The number of hydrogen-bond acceptors (Lipinski definition) is 6. The molecule has 31 heavy (non-hydrogen) atoms. The van der Waals surface area contributed by atoms with Crippen molar-refractivity contribution >= 4 is 39.1 Å². The van der Waals surface area contributed by atoms with Crippen molar-refractivity contribution in [3.8, 4) is 0 Å². The second-order valence-electron chi connectivity index (χ2n) is 7.99. The lowest BCUT2D eigenvalue weighted by atomic mass is 10.0. The number of rotatable bonds is 7. The summed E-state index contributed by atoms with van der Waals surface area (Å²) >= 11 is 1.72. The van der Waals surface area contributed by atoms with Gasteiger partial charge in [0, 0.05) is 49.5 Å². The summed E-state index contributed by atoms with van der Waals surface area (Å²) in [7, 11) is 0. The highest BCUT2D eigenvalue weighted by atomic mass is 32.1. The van der Waals surface area contributed by atoms with Gasteiger partial charge in [0.25, 0.3) is 0 Å². The molecule has 3 heterocycles. The van der Waals surface area contributed by atoms with E-state index in [1.54, 1.807) is 17.7 Å². The Balaban J connectivity index is 1.28. The molecule has 6 nitrogen and oxygen atoms in total. The van der Waals surface area contributed by atoms with Gasteiger partial charge in [0.2, 0.25) is 5.91 Å². The minimum Gasteiger partial charge on any atom is -0.352 e. The van der Waals surface area contributed by atoms with Crippen LogP contribution in [0.15, 0.2) is 36.7 Å². The number of nitrogens with zero attached hydrogens (tertiary/aromatic N) is 4. The molecule has 0 atom stereocenters. The number of aromatic nitrogens is 2. The predicted octanol–water partition coefficient (Wildman–Crippen LogP) is 4.26. The molecule has 0 bridgehead atoms. The average Bonchev–Trinajstić information content (AvgIpc) is 3.23. The Morgan fingerprint density at radius 2 is 1.77 bits per heavy atom. The fraction of sp³-hybridized carbons (Fsp3) is 0.417. The van der Waals surface area contributed by atoms with Crippen LogP contribution in [0.4, 0.5) is 5.82 Å². The van der Waals surface area contributed by atoms with Crippen LogP contribution in [0, 0.1) is 6.92 Å². The van der Waals surface area contributed by atoms with Gasteiger partial charge in [-0.1, -0.05) is 36.8 Å². The quantitative estimate of drug-likeness (QED) is 0.518. The number of aryl methyl sites for hydroxylation is 2. The van der Waals surface area contributed by atoms with Crippen molar-refractivity contribution in [2.75, 3.05) is 31.1 Å². The fourth-order valence-electron chi connectivity index (χ4n) is 3.93. The Labute approximate surface area is 186 Å². The molecular formula is C24H28N4O2S. The number of amides is 1. The van der Waals surface area contributed by atoms with Crippen molar-refractivity contribution in [2.45, 2.75) is 39.5 Å². The van der Waals surface area contributed by atoms with Crippen LogP contribution in [0.2, 0.25) is 0 Å². The van der Waals surface area contributed by atoms with Crippen LogP contribution in [-0.2, 0) is 11.2 Å². The normalized spacial score (nSPS) is 14.3. The number of ketones is 1. The summed E-state index contributed by atoms with van der Waals surface area (Å²) in [4.78, 5) is 40.4. The predicted molar refractivity (Wildman–Crippen MR) is 125 cm³/mol. The van der Waals surface area contributed by atoms with E-state index in [0.717, 1.165) is 46.7 Å². The molecule has 4 rings (SSSR count). The van der Waals surface area contributed by atoms with Crippen molar-refractivity contribution < 1.29 is 9.59 Å². The number of anilines is 1. The van der Waals surface area contributed by atoms with Gasteiger partial charge in [-0.2, -0.15) is 0 Å². The smallest absolute Gasteiger partial charge is 0.222 e. The van der Waals surface area contributed by atoms with Gasteiger partial charge in [-0.15, -0.1) is 11.3 Å². The molecule has 1 aromatic carbocycles. The maximum absolute atomic E-state index is 12.6. The van der Waals surface area contributed by atoms with Crippen molar-refractivity contribution in [1.82, 2.24) is 14.9 Å². The van der Waals surface area contributed by atoms with Gasteiger partial charge in [-0.05, 0) is 25.8 Å². The molecule has 1 aliphatic heterocycles. The minimum atomic E-state index is 0.104. The maximum Gasteiger partial charge on any atom is 0.222 e. The SMILES string of the molecule is CCc1cc2c(N3CCN(C(=O)CCCC(=O)c4ccc(C)cc4)CC3)ncnc2s1. The lowest BCUT2D eigenvalue weighted by Crippen LogP contribution is -2.49. The molecule has 2 aromatic heterocycles. The molecule has 0 spiro atoms. The van der Waals surface area contributed by atoms with E-state index in [2.05, 4.69) is 27.9 Å². The molecule has 1 saturated heterocycles. The summed E-state index contributed by atoms with van der Waals surface area (Å²) in [5, 5.41) is 1.11. The third-order valence-corrected chi connectivity index (χ3v) is 7.00. The lowest BCUT2D eigenvalue weighted by molar-refractivity contribution is -0.131. The highest BCUT2D eigenvalue weighted by Gasteiger charge is 2.23. The van der Waals surface area contributed by atoms with Crippen LogP contribution in [0.5, 0.6) is 0 Å². The zero-order chi connectivity index (χ0) is 21.8. The Kier molecular flexibility index (Phi) is 6.61. The maximum atomic E-state index is 12.6. The van der Waals surface area contributed by atoms with Crippen LogP contribution < -0.4 is 4.90 Å². The number of hydrogen-bond donors (Lipinski definition) is 0. The first-order valence-corrected chi connectivity index (χ1v) is 11.7.